The van der Waals surface area contributed by atoms with Gasteiger partial charge in [-0.2, -0.15) is 13.2 Å². The van der Waals surface area contributed by atoms with Crippen LogP contribution in [0.15, 0.2) is 52.9 Å². The molecule has 3 aromatic rings. The molecule has 0 aliphatic heterocycles. The molecule has 0 atom stereocenters. The van der Waals surface area contributed by atoms with E-state index in [1.165, 1.54) is 6.07 Å². The lowest BCUT2D eigenvalue weighted by Gasteiger charge is -2.08. The Hall–Kier alpha value is -3.57. The number of carbonyl (C=O) groups excluding carboxylic acids is 1. The zero-order valence-corrected chi connectivity index (χ0v) is 14.0. The van der Waals surface area contributed by atoms with Crippen LogP contribution >= 0.6 is 0 Å². The van der Waals surface area contributed by atoms with Crippen LogP contribution < -0.4 is 10.1 Å². The lowest BCUT2D eigenvalue weighted by Crippen LogP contribution is -2.17. The topological polar surface area (TPSA) is 77.3 Å². The van der Waals surface area contributed by atoms with E-state index in [2.05, 4.69) is 20.3 Å². The molecule has 29 heavy (non-hydrogen) atoms. The number of halogens is 6. The highest BCUT2D eigenvalue weighted by Crippen LogP contribution is 2.32. The Morgan fingerprint density at radius 3 is 2.28 bits per heavy atom. The van der Waals surface area contributed by atoms with Crippen molar-refractivity contribution in [3.63, 3.8) is 0 Å². The fraction of sp³-hybridized carbons (Fsp3) is 0.118. The minimum absolute atomic E-state index is 0.0125. The molecule has 1 N–H and O–H groups in total. The molecule has 12 heteroatoms. The van der Waals surface area contributed by atoms with Crippen LogP contribution in [-0.2, 0) is 6.18 Å². The second-order valence-corrected chi connectivity index (χ2v) is 5.52. The molecule has 0 saturated heterocycles. The van der Waals surface area contributed by atoms with Crippen LogP contribution in [0.4, 0.5) is 32.4 Å². The first kappa shape index (κ1) is 20.2. The maximum Gasteiger partial charge on any atom is 0.573 e. The fourth-order valence-electron chi connectivity index (χ4n) is 2.20. The van der Waals surface area contributed by atoms with Gasteiger partial charge in [-0.3, -0.25) is 10.1 Å². The third-order valence-electron chi connectivity index (χ3n) is 3.43. The van der Waals surface area contributed by atoms with Gasteiger partial charge in [0.05, 0.1) is 5.56 Å². The van der Waals surface area contributed by atoms with Gasteiger partial charge in [0.1, 0.15) is 5.75 Å². The van der Waals surface area contributed by atoms with E-state index in [0.29, 0.717) is 0 Å². The average Bonchev–Trinajstić information content (AvgIpc) is 3.09. The van der Waals surface area contributed by atoms with Crippen molar-refractivity contribution in [2.24, 2.45) is 0 Å². The minimum atomic E-state index is -4.87. The zero-order valence-electron chi connectivity index (χ0n) is 14.0. The average molecular weight is 417 g/mol. The first-order valence-corrected chi connectivity index (χ1v) is 7.69. The van der Waals surface area contributed by atoms with E-state index in [-0.39, 0.29) is 17.0 Å². The van der Waals surface area contributed by atoms with E-state index in [4.69, 9.17) is 4.42 Å². The molecule has 0 bridgehead atoms. The molecule has 0 spiro atoms. The van der Waals surface area contributed by atoms with Crippen LogP contribution in [0.1, 0.15) is 15.9 Å². The predicted molar refractivity (Wildman–Crippen MR) is 85.8 cm³/mol. The molecule has 2 aromatic carbocycles. The minimum Gasteiger partial charge on any atom is -0.406 e. The van der Waals surface area contributed by atoms with Gasteiger partial charge in [-0.25, -0.2) is 0 Å². The molecule has 1 heterocycles. The van der Waals surface area contributed by atoms with E-state index in [1.54, 1.807) is 0 Å². The highest BCUT2D eigenvalue weighted by Gasteiger charge is 2.31. The molecule has 0 saturated carbocycles. The predicted octanol–water partition coefficient (Wildman–Crippen LogP) is 4.91. The Balaban J connectivity index is 1.71. The Kier molecular flexibility index (Phi) is 5.18. The molecule has 1 amide bonds. The van der Waals surface area contributed by atoms with Gasteiger partial charge in [-0.05, 0) is 42.5 Å². The lowest BCUT2D eigenvalue weighted by molar-refractivity contribution is -0.274. The van der Waals surface area contributed by atoms with Gasteiger partial charge < -0.3 is 9.15 Å². The summed E-state index contributed by atoms with van der Waals surface area (Å²) in [5.74, 6) is -1.57. The van der Waals surface area contributed by atoms with Gasteiger partial charge in [-0.1, -0.05) is 11.2 Å². The molecule has 152 valence electrons. The number of alkyl halides is 6. The first-order valence-electron chi connectivity index (χ1n) is 7.69. The van der Waals surface area contributed by atoms with Crippen molar-refractivity contribution in [2.75, 3.05) is 5.32 Å². The molecular weight excluding hydrogens is 408 g/mol. The normalized spacial score (nSPS) is 11.9. The molecule has 6 nitrogen and oxygen atoms in total. The zero-order chi connectivity index (χ0) is 21.2. The van der Waals surface area contributed by atoms with Crippen LogP contribution in [0.3, 0.4) is 0 Å². The Morgan fingerprint density at radius 2 is 1.66 bits per heavy atom. The van der Waals surface area contributed by atoms with Gasteiger partial charge in [0.2, 0.25) is 5.89 Å². The van der Waals surface area contributed by atoms with Gasteiger partial charge in [-0.15, -0.1) is 18.3 Å². The maximum absolute atomic E-state index is 12.8. The molecular formula is C17H9F6N3O3. The van der Waals surface area contributed by atoms with Gasteiger partial charge in [0.25, 0.3) is 5.91 Å². The standard InChI is InChI=1S/C17H9F6N3O3/c18-16(19,20)11-3-1-2-10(8-11)14-25-26-15(28-14)24-13(27)9-4-6-12(7-5-9)29-17(21,22)23/h1-8H,(H,24,26,27). The quantitative estimate of drug-likeness (QED) is 0.611. The van der Waals surface area contributed by atoms with Crippen molar-refractivity contribution >= 4 is 11.9 Å². The van der Waals surface area contributed by atoms with E-state index in [1.807, 2.05) is 0 Å². The summed E-state index contributed by atoms with van der Waals surface area (Å²) in [6.07, 6.45) is -9.43. The summed E-state index contributed by atoms with van der Waals surface area (Å²) >= 11 is 0. The molecule has 0 fully saturated rings. The molecule has 0 aliphatic rings. The number of aromatic nitrogens is 2. The second kappa shape index (κ2) is 7.45. The monoisotopic (exact) mass is 417 g/mol. The number of nitrogens with zero attached hydrogens (tertiary/aromatic N) is 2. The van der Waals surface area contributed by atoms with E-state index in [9.17, 15) is 31.1 Å². The molecule has 0 unspecified atom stereocenters. The number of hydrogen-bond acceptors (Lipinski definition) is 5. The second-order valence-electron chi connectivity index (χ2n) is 5.52. The Morgan fingerprint density at radius 1 is 0.966 bits per heavy atom. The van der Waals surface area contributed by atoms with Crippen LogP contribution in [-0.4, -0.2) is 22.5 Å². The summed E-state index contributed by atoms with van der Waals surface area (Å²) in [4.78, 5) is 12.1. The number of benzene rings is 2. The van der Waals surface area contributed by atoms with Crippen molar-refractivity contribution < 1.29 is 40.3 Å². The van der Waals surface area contributed by atoms with Crippen LogP contribution in [0.25, 0.3) is 11.5 Å². The van der Waals surface area contributed by atoms with Crippen molar-refractivity contribution in [1.29, 1.82) is 0 Å². The molecule has 0 aliphatic carbocycles. The Bertz CT molecular complexity index is 1010. The summed E-state index contributed by atoms with van der Waals surface area (Å²) in [6.45, 7) is 0. The van der Waals surface area contributed by atoms with Gasteiger partial charge in [0, 0.05) is 11.1 Å². The van der Waals surface area contributed by atoms with E-state index < -0.39 is 35.8 Å². The summed E-state index contributed by atoms with van der Waals surface area (Å²) in [6, 6.07) is 7.75. The number of anilines is 1. The molecule has 1 aromatic heterocycles. The summed E-state index contributed by atoms with van der Waals surface area (Å²) in [5.41, 5.74) is -0.972. The van der Waals surface area contributed by atoms with Crippen LogP contribution in [0.5, 0.6) is 5.75 Å². The highest BCUT2D eigenvalue weighted by atomic mass is 19.4. The van der Waals surface area contributed by atoms with Crippen molar-refractivity contribution in [3.05, 3.63) is 59.7 Å². The highest BCUT2D eigenvalue weighted by molar-refractivity contribution is 6.03. The third-order valence-corrected chi connectivity index (χ3v) is 3.43. The van der Waals surface area contributed by atoms with Crippen LogP contribution in [0.2, 0.25) is 0 Å². The molecule has 0 radical (unpaired) electrons. The largest absolute Gasteiger partial charge is 0.573 e. The Labute approximate surface area is 158 Å². The number of ether oxygens (including phenoxy) is 1. The number of nitrogens with one attached hydrogen (secondary N) is 1. The van der Waals surface area contributed by atoms with Crippen molar-refractivity contribution in [2.45, 2.75) is 12.5 Å². The van der Waals surface area contributed by atoms with Crippen molar-refractivity contribution in [1.82, 2.24) is 10.2 Å². The number of rotatable bonds is 4. The SMILES string of the molecule is O=C(Nc1nnc(-c2cccc(C(F)(F)F)c2)o1)c1ccc(OC(F)(F)F)cc1. The molecule has 3 rings (SSSR count). The summed E-state index contributed by atoms with van der Waals surface area (Å²) in [5, 5.41) is 9.28. The fourth-order valence-corrected chi connectivity index (χ4v) is 2.20. The summed E-state index contributed by atoms with van der Waals surface area (Å²) in [7, 11) is 0. The first-order chi connectivity index (χ1) is 13.5. The number of carbonyl (C=O) groups is 1. The summed E-state index contributed by atoms with van der Waals surface area (Å²) < 4.78 is 83.5. The van der Waals surface area contributed by atoms with E-state index in [0.717, 1.165) is 42.5 Å². The maximum atomic E-state index is 12.8. The van der Waals surface area contributed by atoms with Gasteiger partial charge >= 0.3 is 18.6 Å². The van der Waals surface area contributed by atoms with Crippen molar-refractivity contribution in [3.8, 4) is 17.2 Å². The third kappa shape index (κ3) is 5.24. The smallest absolute Gasteiger partial charge is 0.406 e. The number of hydrogen-bond donors (Lipinski definition) is 1. The lowest BCUT2D eigenvalue weighted by atomic mass is 10.1. The van der Waals surface area contributed by atoms with Crippen LogP contribution in [0, 0.1) is 0 Å². The number of amides is 1. The van der Waals surface area contributed by atoms with E-state index >= 15 is 0 Å². The van der Waals surface area contributed by atoms with Gasteiger partial charge in [0.15, 0.2) is 0 Å².